The fourth-order valence-corrected chi connectivity index (χ4v) is 24.1. The Morgan fingerprint density at radius 1 is 0.333 bits per heavy atom. The maximum Gasteiger partial charge on any atom is 0.254 e. The van der Waals surface area contributed by atoms with Gasteiger partial charge in [-0.3, -0.25) is 0 Å². The Morgan fingerprint density at radius 2 is 0.556 bits per heavy atom. The van der Waals surface area contributed by atoms with Crippen LogP contribution in [0.2, 0.25) is 0 Å². The van der Waals surface area contributed by atoms with E-state index in [0.29, 0.717) is 0 Å². The molecule has 184 valence electrons. The van der Waals surface area contributed by atoms with E-state index in [-0.39, 0.29) is 0 Å². The van der Waals surface area contributed by atoms with E-state index in [1.165, 1.54) is 0 Å². The van der Waals surface area contributed by atoms with E-state index in [0.717, 1.165) is 21.2 Å². The summed E-state index contributed by atoms with van der Waals surface area (Å²) in [5, 5.41) is 3.35. The van der Waals surface area contributed by atoms with Crippen LogP contribution in [0, 0.1) is 0 Å². The third-order valence-electron chi connectivity index (χ3n) is 5.41. The zero-order chi connectivity index (χ0) is 25.3. The highest BCUT2D eigenvalue weighted by Gasteiger charge is 2.38. The van der Waals surface area contributed by atoms with Crippen molar-refractivity contribution in [2.24, 2.45) is 18.1 Å². The Balaban J connectivity index is 1.96. The molecule has 36 heavy (non-hydrogen) atoms. The highest BCUT2D eigenvalue weighted by Crippen LogP contribution is 2.83. The SMILES string of the molecule is ClP1(Cl)=NP(c2ccccc2)(c2ccccc2)=NP(Cl)(Cl)=NP(c2ccccc2)(c2ccccc2)=N1. The number of hydrogen-bond acceptors (Lipinski definition) is 4. The zero-order valence-corrected chi connectivity index (χ0v) is 25.2. The summed E-state index contributed by atoms with van der Waals surface area (Å²) in [5.74, 6) is -6.73. The van der Waals surface area contributed by atoms with Crippen LogP contribution in [-0.2, 0) is 0 Å². The Morgan fingerprint density at radius 3 is 0.778 bits per heavy atom. The number of benzene rings is 4. The van der Waals surface area contributed by atoms with Crippen LogP contribution in [-0.4, -0.2) is 0 Å². The van der Waals surface area contributed by atoms with Crippen molar-refractivity contribution < 1.29 is 0 Å². The second-order valence-electron chi connectivity index (χ2n) is 7.81. The summed E-state index contributed by atoms with van der Waals surface area (Å²) in [7, 11) is -5.99. The largest absolute Gasteiger partial charge is 0.254 e. The van der Waals surface area contributed by atoms with Crippen LogP contribution in [0.1, 0.15) is 0 Å². The molecule has 1 aliphatic heterocycles. The van der Waals surface area contributed by atoms with Crippen molar-refractivity contribution in [3.8, 4) is 0 Å². The summed E-state index contributed by atoms with van der Waals surface area (Å²) in [6.07, 6.45) is 0. The molecule has 0 radical (unpaired) electrons. The van der Waals surface area contributed by atoms with Gasteiger partial charge in [-0.15, -0.1) is 0 Å². The molecule has 5 rings (SSSR count). The topological polar surface area (TPSA) is 49.4 Å². The fraction of sp³-hybridized carbons (Fsp3) is 0. The number of halogens is 4. The fourth-order valence-electron chi connectivity index (χ4n) is 3.95. The third-order valence-corrected chi connectivity index (χ3v) is 21.9. The number of hydrogen-bond donors (Lipinski definition) is 0. The first-order valence-electron chi connectivity index (χ1n) is 10.8. The monoisotopic (exact) mass is 628 g/mol. The lowest BCUT2D eigenvalue weighted by atomic mass is 10.4. The average molecular weight is 630 g/mol. The van der Waals surface area contributed by atoms with Crippen molar-refractivity contribution >= 4 is 92.4 Å². The molecule has 0 aromatic heterocycles. The molecule has 0 unspecified atom stereocenters. The highest BCUT2D eigenvalue weighted by atomic mass is 35.9. The smallest absolute Gasteiger partial charge is 0.204 e. The molecule has 0 fully saturated rings. The van der Waals surface area contributed by atoms with Crippen LogP contribution in [0.4, 0.5) is 0 Å². The normalized spacial score (nSPS) is 19.2. The average Bonchev–Trinajstić information content (AvgIpc) is 2.88. The van der Waals surface area contributed by atoms with Crippen molar-refractivity contribution in [1.29, 1.82) is 0 Å². The molecule has 1 aliphatic rings. The van der Waals surface area contributed by atoms with Crippen molar-refractivity contribution in [3.05, 3.63) is 121 Å². The van der Waals surface area contributed by atoms with Gasteiger partial charge in [0.05, 0.1) is 0 Å². The minimum atomic E-state index is -3.36. The molecule has 0 saturated carbocycles. The Bertz CT molecular complexity index is 1390. The molecule has 0 bridgehead atoms. The van der Waals surface area contributed by atoms with Crippen molar-refractivity contribution in [2.75, 3.05) is 0 Å². The first-order chi connectivity index (χ1) is 17.2. The van der Waals surface area contributed by atoms with Crippen molar-refractivity contribution in [3.63, 3.8) is 0 Å². The summed E-state index contributed by atoms with van der Waals surface area (Å²) in [4.78, 5) is 0. The molecule has 4 aromatic carbocycles. The van der Waals surface area contributed by atoms with Gasteiger partial charge in [-0.05, 0) is 45.0 Å². The summed E-state index contributed by atoms with van der Waals surface area (Å²) in [5.41, 5.74) is 0. The van der Waals surface area contributed by atoms with Gasteiger partial charge in [0.15, 0.2) is 0 Å². The molecule has 4 aromatic rings. The van der Waals surface area contributed by atoms with E-state index in [1.54, 1.807) is 0 Å². The lowest BCUT2D eigenvalue weighted by molar-refractivity contribution is 1.67. The van der Waals surface area contributed by atoms with Gasteiger partial charge >= 0.3 is 0 Å². The van der Waals surface area contributed by atoms with Crippen LogP contribution in [0.25, 0.3) is 0 Å². The van der Waals surface area contributed by atoms with Gasteiger partial charge in [0.2, 0.25) is 0 Å². The van der Waals surface area contributed by atoms with Gasteiger partial charge in [-0.25, -0.2) is 18.1 Å². The molecule has 1 heterocycles. The predicted molar refractivity (Wildman–Crippen MR) is 165 cm³/mol. The van der Waals surface area contributed by atoms with Crippen LogP contribution in [0.5, 0.6) is 0 Å². The lowest BCUT2D eigenvalue weighted by Gasteiger charge is -2.30. The van der Waals surface area contributed by atoms with E-state index in [9.17, 15) is 0 Å². The van der Waals surface area contributed by atoms with Gasteiger partial charge in [-0.2, -0.15) is 0 Å². The standard InChI is InChI=1S/C24H20Cl4N4P4/c25-35(26)29-33(21-13-5-1-6-14-21,22-15-7-2-8-16-22)30-36(27,28)32-34(31-35,23-17-9-3-10-18-23)24-19-11-4-12-20-24/h1-20H. The summed E-state index contributed by atoms with van der Waals surface area (Å²) in [6, 6.07) is 38.7. The van der Waals surface area contributed by atoms with Crippen LogP contribution >= 0.6 is 71.2 Å². The summed E-state index contributed by atoms with van der Waals surface area (Å²) >= 11 is 28.5. The first kappa shape index (κ1) is 26.6. The Labute approximate surface area is 230 Å². The maximum atomic E-state index is 7.12. The van der Waals surface area contributed by atoms with Gasteiger partial charge in [-0.1, -0.05) is 121 Å². The second-order valence-corrected chi connectivity index (χ2v) is 23.7. The van der Waals surface area contributed by atoms with E-state index < -0.39 is 26.2 Å². The molecule has 0 saturated heterocycles. The predicted octanol–water partition coefficient (Wildman–Crippen LogP) is 10.4. The van der Waals surface area contributed by atoms with Gasteiger partial charge in [0, 0.05) is 21.2 Å². The molecular weight excluding hydrogens is 610 g/mol. The molecule has 0 aliphatic carbocycles. The third kappa shape index (κ3) is 5.40. The molecule has 0 N–H and O–H groups in total. The molecular formula is C24H20Cl4N4P4. The van der Waals surface area contributed by atoms with Gasteiger partial charge < -0.3 is 0 Å². The summed E-state index contributed by atoms with van der Waals surface area (Å²) < 4.78 is 20.5. The zero-order valence-electron chi connectivity index (χ0n) is 18.6. The van der Waals surface area contributed by atoms with Crippen LogP contribution < -0.4 is 21.2 Å². The first-order valence-corrected chi connectivity index (χ1v) is 21.2. The van der Waals surface area contributed by atoms with Gasteiger partial charge in [0.25, 0.3) is 11.8 Å². The minimum Gasteiger partial charge on any atom is -0.204 e. The van der Waals surface area contributed by atoms with E-state index in [1.807, 2.05) is 121 Å². The highest BCUT2D eigenvalue weighted by molar-refractivity contribution is 8.18. The van der Waals surface area contributed by atoms with Crippen LogP contribution in [0.15, 0.2) is 139 Å². The van der Waals surface area contributed by atoms with E-state index in [4.69, 9.17) is 63.0 Å². The second kappa shape index (κ2) is 10.6. The van der Waals surface area contributed by atoms with E-state index in [2.05, 4.69) is 0 Å². The Hall–Kier alpha value is -1.04. The Kier molecular flexibility index (Phi) is 7.83. The number of rotatable bonds is 4. The van der Waals surface area contributed by atoms with Crippen molar-refractivity contribution in [2.45, 2.75) is 0 Å². The molecule has 0 amide bonds. The van der Waals surface area contributed by atoms with Crippen molar-refractivity contribution in [1.82, 2.24) is 0 Å². The van der Waals surface area contributed by atoms with E-state index >= 15 is 0 Å². The maximum absolute atomic E-state index is 7.12. The molecule has 12 heteroatoms. The number of nitrogens with zero attached hydrogens (tertiary/aromatic N) is 4. The molecule has 4 nitrogen and oxygen atoms in total. The summed E-state index contributed by atoms with van der Waals surface area (Å²) in [6.45, 7) is 0. The molecule has 0 atom stereocenters. The molecule has 0 spiro atoms. The quantitative estimate of drug-likeness (QED) is 0.202. The van der Waals surface area contributed by atoms with Gasteiger partial charge in [0.1, 0.15) is 14.4 Å². The lowest BCUT2D eigenvalue weighted by Crippen LogP contribution is -2.16. The minimum absolute atomic E-state index is 0.836. The van der Waals surface area contributed by atoms with Crippen LogP contribution in [0.3, 0.4) is 0 Å².